The molecule has 0 amide bonds. The van der Waals surface area contributed by atoms with Crippen molar-refractivity contribution in [3.8, 4) is 11.5 Å². The van der Waals surface area contributed by atoms with Gasteiger partial charge in [-0.2, -0.15) is 0 Å². The number of sulfonamides is 1. The molecular formula is C16H19N3O6S. The third kappa shape index (κ3) is 4.21. The third-order valence-electron chi connectivity index (χ3n) is 3.75. The SMILES string of the molecule is COc1ccc(CN(C)c2ccc(S(N)(=O)=O)cc2[N+](=O)[O-])cc1OC. The van der Waals surface area contributed by atoms with Crippen LogP contribution in [0.25, 0.3) is 0 Å². The summed E-state index contributed by atoms with van der Waals surface area (Å²) in [5.74, 6) is 1.11. The normalized spacial score (nSPS) is 11.1. The second kappa shape index (κ2) is 7.58. The average Bonchev–Trinajstić information content (AvgIpc) is 2.60. The Labute approximate surface area is 151 Å². The minimum atomic E-state index is -4.03. The largest absolute Gasteiger partial charge is 0.493 e. The van der Waals surface area contributed by atoms with Gasteiger partial charge in [0, 0.05) is 19.7 Å². The van der Waals surface area contributed by atoms with E-state index in [1.165, 1.54) is 26.4 Å². The molecule has 0 saturated heterocycles. The molecule has 0 fully saturated rings. The highest BCUT2D eigenvalue weighted by molar-refractivity contribution is 7.89. The number of nitro benzene ring substituents is 1. The van der Waals surface area contributed by atoms with Crippen LogP contribution in [0.5, 0.6) is 11.5 Å². The number of hydrogen-bond donors (Lipinski definition) is 1. The Morgan fingerprint density at radius 1 is 1.12 bits per heavy atom. The van der Waals surface area contributed by atoms with Gasteiger partial charge >= 0.3 is 0 Å². The summed E-state index contributed by atoms with van der Waals surface area (Å²) >= 11 is 0. The zero-order valence-corrected chi connectivity index (χ0v) is 15.3. The Balaban J connectivity index is 2.38. The van der Waals surface area contributed by atoms with Crippen LogP contribution in [-0.2, 0) is 16.6 Å². The monoisotopic (exact) mass is 381 g/mol. The second-order valence-electron chi connectivity index (χ2n) is 5.50. The molecular weight excluding hydrogens is 362 g/mol. The first-order chi connectivity index (χ1) is 12.2. The lowest BCUT2D eigenvalue weighted by Gasteiger charge is -2.20. The molecule has 0 aliphatic rings. The van der Waals surface area contributed by atoms with Crippen molar-refractivity contribution >= 4 is 21.4 Å². The van der Waals surface area contributed by atoms with Crippen molar-refractivity contribution in [2.45, 2.75) is 11.4 Å². The summed E-state index contributed by atoms with van der Waals surface area (Å²) in [4.78, 5) is 12.0. The minimum absolute atomic E-state index is 0.261. The molecule has 0 heterocycles. The smallest absolute Gasteiger partial charge is 0.293 e. The van der Waals surface area contributed by atoms with Crippen molar-refractivity contribution in [3.63, 3.8) is 0 Å². The van der Waals surface area contributed by atoms with E-state index in [9.17, 15) is 18.5 Å². The number of nitro groups is 1. The predicted octanol–water partition coefficient (Wildman–Crippen LogP) is 1.90. The van der Waals surface area contributed by atoms with E-state index in [0.29, 0.717) is 18.0 Å². The molecule has 0 aromatic heterocycles. The molecule has 2 aromatic carbocycles. The average molecular weight is 381 g/mol. The predicted molar refractivity (Wildman–Crippen MR) is 96.1 cm³/mol. The van der Waals surface area contributed by atoms with E-state index >= 15 is 0 Å². The molecule has 2 rings (SSSR count). The fourth-order valence-corrected chi connectivity index (χ4v) is 3.02. The summed E-state index contributed by atoms with van der Waals surface area (Å²) < 4.78 is 33.3. The maximum Gasteiger partial charge on any atom is 0.293 e. The summed E-state index contributed by atoms with van der Waals surface area (Å²) in [6, 6.07) is 8.86. The van der Waals surface area contributed by atoms with Crippen LogP contribution >= 0.6 is 0 Å². The van der Waals surface area contributed by atoms with E-state index in [1.807, 2.05) is 6.07 Å². The van der Waals surface area contributed by atoms with Crippen LogP contribution < -0.4 is 19.5 Å². The Kier molecular flexibility index (Phi) is 5.68. The Morgan fingerprint density at radius 2 is 1.77 bits per heavy atom. The number of ether oxygens (including phenoxy) is 2. The van der Waals surface area contributed by atoms with Gasteiger partial charge < -0.3 is 14.4 Å². The van der Waals surface area contributed by atoms with Gasteiger partial charge in [0.25, 0.3) is 5.69 Å². The van der Waals surface area contributed by atoms with Crippen molar-refractivity contribution in [2.24, 2.45) is 5.14 Å². The summed E-state index contributed by atoms with van der Waals surface area (Å²) in [5, 5.41) is 16.4. The standard InChI is InChI=1S/C16H19N3O6S/c1-18(10-11-4-7-15(24-2)16(8-11)25-3)13-6-5-12(26(17,22)23)9-14(13)19(20)21/h4-9H,10H2,1-3H3,(H2,17,22,23). The van der Waals surface area contributed by atoms with Gasteiger partial charge in [0.2, 0.25) is 10.0 Å². The van der Waals surface area contributed by atoms with Gasteiger partial charge in [-0.15, -0.1) is 0 Å². The quantitative estimate of drug-likeness (QED) is 0.573. The number of nitrogens with two attached hydrogens (primary N) is 1. The van der Waals surface area contributed by atoms with Crippen molar-refractivity contribution in [1.82, 2.24) is 0 Å². The second-order valence-corrected chi connectivity index (χ2v) is 7.06. The molecule has 10 heteroatoms. The number of methoxy groups -OCH3 is 2. The molecule has 0 aliphatic carbocycles. The first-order valence-electron chi connectivity index (χ1n) is 7.40. The fourth-order valence-electron chi connectivity index (χ4n) is 2.49. The fraction of sp³-hybridized carbons (Fsp3) is 0.250. The minimum Gasteiger partial charge on any atom is -0.493 e. The van der Waals surface area contributed by atoms with E-state index in [-0.39, 0.29) is 16.3 Å². The molecule has 26 heavy (non-hydrogen) atoms. The molecule has 0 bridgehead atoms. The van der Waals surface area contributed by atoms with Gasteiger partial charge in [-0.25, -0.2) is 13.6 Å². The summed E-state index contributed by atoms with van der Waals surface area (Å²) in [6.45, 7) is 0.329. The lowest BCUT2D eigenvalue weighted by molar-refractivity contribution is -0.384. The van der Waals surface area contributed by atoms with Crippen molar-refractivity contribution in [2.75, 3.05) is 26.2 Å². The number of benzene rings is 2. The molecule has 0 spiro atoms. The number of nitrogens with zero attached hydrogens (tertiary/aromatic N) is 2. The highest BCUT2D eigenvalue weighted by Crippen LogP contribution is 2.32. The van der Waals surface area contributed by atoms with Gasteiger partial charge in [0.15, 0.2) is 11.5 Å². The van der Waals surface area contributed by atoms with E-state index in [4.69, 9.17) is 14.6 Å². The zero-order chi connectivity index (χ0) is 19.5. The molecule has 0 saturated carbocycles. The van der Waals surface area contributed by atoms with E-state index < -0.39 is 14.9 Å². The van der Waals surface area contributed by atoms with Crippen LogP contribution in [0.1, 0.15) is 5.56 Å². The van der Waals surface area contributed by atoms with E-state index in [2.05, 4.69) is 0 Å². The highest BCUT2D eigenvalue weighted by atomic mass is 32.2. The molecule has 0 unspecified atom stereocenters. The van der Waals surface area contributed by atoms with Crippen LogP contribution in [-0.4, -0.2) is 34.6 Å². The topological polar surface area (TPSA) is 125 Å². The van der Waals surface area contributed by atoms with Crippen molar-refractivity contribution in [1.29, 1.82) is 0 Å². The molecule has 2 aromatic rings. The first kappa shape index (κ1) is 19.5. The molecule has 0 radical (unpaired) electrons. The van der Waals surface area contributed by atoms with Crippen LogP contribution in [0.15, 0.2) is 41.3 Å². The Morgan fingerprint density at radius 3 is 2.31 bits per heavy atom. The van der Waals surface area contributed by atoms with Gasteiger partial charge in [-0.05, 0) is 29.8 Å². The van der Waals surface area contributed by atoms with Crippen LogP contribution in [0.4, 0.5) is 11.4 Å². The van der Waals surface area contributed by atoms with Crippen molar-refractivity contribution < 1.29 is 22.8 Å². The molecule has 9 nitrogen and oxygen atoms in total. The number of primary sulfonamides is 1. The molecule has 0 aliphatic heterocycles. The number of hydrogen-bond acceptors (Lipinski definition) is 7. The van der Waals surface area contributed by atoms with Gasteiger partial charge in [0.1, 0.15) is 5.69 Å². The van der Waals surface area contributed by atoms with Crippen molar-refractivity contribution in [3.05, 3.63) is 52.1 Å². The lowest BCUT2D eigenvalue weighted by atomic mass is 10.1. The van der Waals surface area contributed by atoms with Crippen LogP contribution in [0, 0.1) is 10.1 Å². The Bertz CT molecular complexity index is 930. The molecule has 0 atom stereocenters. The number of rotatable bonds is 7. The zero-order valence-electron chi connectivity index (χ0n) is 14.5. The summed E-state index contributed by atoms with van der Waals surface area (Å²) in [7, 11) is 0.676. The molecule has 140 valence electrons. The maximum absolute atomic E-state index is 11.4. The third-order valence-corrected chi connectivity index (χ3v) is 4.66. The number of anilines is 1. The maximum atomic E-state index is 11.4. The Hall–Kier alpha value is -2.85. The van der Waals surface area contributed by atoms with Gasteiger partial charge in [-0.1, -0.05) is 6.07 Å². The lowest BCUT2D eigenvalue weighted by Crippen LogP contribution is -2.19. The van der Waals surface area contributed by atoms with Crippen LogP contribution in [0.2, 0.25) is 0 Å². The van der Waals surface area contributed by atoms with Crippen LogP contribution in [0.3, 0.4) is 0 Å². The van der Waals surface area contributed by atoms with Gasteiger partial charge in [-0.3, -0.25) is 10.1 Å². The van der Waals surface area contributed by atoms with E-state index in [1.54, 1.807) is 24.1 Å². The first-order valence-corrected chi connectivity index (χ1v) is 8.95. The molecule has 2 N–H and O–H groups in total. The van der Waals surface area contributed by atoms with Gasteiger partial charge in [0.05, 0.1) is 24.0 Å². The highest BCUT2D eigenvalue weighted by Gasteiger charge is 2.21. The summed E-state index contributed by atoms with van der Waals surface area (Å²) in [5.41, 5.74) is 0.742. The summed E-state index contributed by atoms with van der Waals surface area (Å²) in [6.07, 6.45) is 0. The van der Waals surface area contributed by atoms with E-state index in [0.717, 1.165) is 11.6 Å².